The average molecular weight is 229 g/mol. The van der Waals surface area contributed by atoms with Crippen LogP contribution in [0.5, 0.6) is 0 Å². The summed E-state index contributed by atoms with van der Waals surface area (Å²) in [5, 5.41) is 2.73. The Morgan fingerprint density at radius 1 is 1.31 bits per heavy atom. The summed E-state index contributed by atoms with van der Waals surface area (Å²) >= 11 is 0. The van der Waals surface area contributed by atoms with E-state index in [1.807, 2.05) is 18.9 Å². The van der Waals surface area contributed by atoms with Crippen LogP contribution in [0.15, 0.2) is 12.1 Å². The van der Waals surface area contributed by atoms with Crippen LogP contribution in [0, 0.1) is 11.6 Å². The lowest BCUT2D eigenvalue weighted by Crippen LogP contribution is -2.25. The van der Waals surface area contributed by atoms with Crippen LogP contribution in [0.4, 0.5) is 20.2 Å². The van der Waals surface area contributed by atoms with Gasteiger partial charge in [0, 0.05) is 18.8 Å². The van der Waals surface area contributed by atoms with E-state index in [1.54, 1.807) is 0 Å². The molecule has 0 fully saturated rings. The lowest BCUT2D eigenvalue weighted by atomic mass is 10.2. The second kappa shape index (κ2) is 5.65. The minimum atomic E-state index is -0.656. The molecular formula is C11H17F2N3. The van der Waals surface area contributed by atoms with E-state index in [1.165, 1.54) is 0 Å². The predicted molar refractivity (Wildman–Crippen MR) is 62.4 cm³/mol. The number of hydrogen-bond acceptors (Lipinski definition) is 3. The molecule has 0 amide bonds. The number of rotatable bonds is 5. The molecule has 0 aliphatic heterocycles. The first kappa shape index (κ1) is 12.7. The molecule has 0 saturated heterocycles. The van der Waals surface area contributed by atoms with E-state index in [4.69, 9.17) is 5.73 Å². The van der Waals surface area contributed by atoms with Gasteiger partial charge in [0.2, 0.25) is 0 Å². The molecule has 0 heterocycles. The van der Waals surface area contributed by atoms with Gasteiger partial charge in [-0.15, -0.1) is 0 Å². The number of benzene rings is 1. The summed E-state index contributed by atoms with van der Waals surface area (Å²) in [4.78, 5) is 2.04. The molecule has 0 unspecified atom stereocenters. The predicted octanol–water partition coefficient (Wildman–Crippen LogP) is 1.91. The van der Waals surface area contributed by atoms with Crippen molar-refractivity contribution >= 4 is 11.4 Å². The summed E-state index contributed by atoms with van der Waals surface area (Å²) in [5.74, 6) is -1.31. The fourth-order valence-corrected chi connectivity index (χ4v) is 1.29. The number of anilines is 2. The van der Waals surface area contributed by atoms with Crippen molar-refractivity contribution in [3.63, 3.8) is 0 Å². The summed E-state index contributed by atoms with van der Waals surface area (Å²) in [5.41, 5.74) is 5.29. The molecule has 3 nitrogen and oxygen atoms in total. The van der Waals surface area contributed by atoms with E-state index in [9.17, 15) is 8.78 Å². The first-order chi connectivity index (χ1) is 7.54. The topological polar surface area (TPSA) is 41.3 Å². The zero-order valence-electron chi connectivity index (χ0n) is 9.56. The molecule has 0 radical (unpaired) electrons. The Hall–Kier alpha value is -1.36. The number of nitrogen functional groups attached to an aromatic ring is 1. The normalized spacial score (nSPS) is 10.8. The highest BCUT2D eigenvalue weighted by atomic mass is 19.1. The van der Waals surface area contributed by atoms with Crippen LogP contribution in [-0.2, 0) is 0 Å². The molecule has 16 heavy (non-hydrogen) atoms. The minimum Gasteiger partial charge on any atom is -0.399 e. The first-order valence-electron chi connectivity index (χ1n) is 5.21. The number of hydrogen-bond donors (Lipinski definition) is 2. The van der Waals surface area contributed by atoms with E-state index in [2.05, 4.69) is 5.32 Å². The van der Waals surface area contributed by atoms with Gasteiger partial charge in [0.05, 0.1) is 0 Å². The molecular weight excluding hydrogens is 212 g/mol. The Morgan fingerprint density at radius 3 is 2.38 bits per heavy atom. The summed E-state index contributed by atoms with van der Waals surface area (Å²) in [7, 11) is 1.94. The summed E-state index contributed by atoms with van der Waals surface area (Å²) in [6, 6.07) is 2.21. The second-order valence-electron chi connectivity index (χ2n) is 3.68. The van der Waals surface area contributed by atoms with Crippen LogP contribution < -0.4 is 11.1 Å². The fourth-order valence-electron chi connectivity index (χ4n) is 1.29. The third-order valence-electron chi connectivity index (χ3n) is 2.40. The molecule has 0 bridgehead atoms. The van der Waals surface area contributed by atoms with Gasteiger partial charge in [-0.3, -0.25) is 0 Å². The lowest BCUT2D eigenvalue weighted by Gasteiger charge is -2.15. The smallest absolute Gasteiger partial charge is 0.151 e. The quantitative estimate of drug-likeness (QED) is 0.758. The van der Waals surface area contributed by atoms with Crippen molar-refractivity contribution < 1.29 is 8.78 Å². The highest BCUT2D eigenvalue weighted by Crippen LogP contribution is 2.21. The Labute approximate surface area is 94.2 Å². The number of nitrogens with zero attached hydrogens (tertiary/aromatic N) is 1. The molecule has 1 aromatic carbocycles. The van der Waals surface area contributed by atoms with Crippen LogP contribution in [0.1, 0.15) is 6.92 Å². The standard InChI is InChI=1S/C11H17F2N3/c1-3-16(2)5-4-15-11-9(12)6-8(14)7-10(11)13/h6-7,15H,3-5,14H2,1-2H3. The maximum Gasteiger partial charge on any atom is 0.151 e. The van der Waals surface area contributed by atoms with Crippen molar-refractivity contribution in [3.8, 4) is 0 Å². The maximum absolute atomic E-state index is 13.3. The van der Waals surface area contributed by atoms with Gasteiger partial charge in [-0.2, -0.15) is 0 Å². The van der Waals surface area contributed by atoms with Gasteiger partial charge in [0.25, 0.3) is 0 Å². The molecule has 90 valence electrons. The Morgan fingerprint density at radius 2 is 1.88 bits per heavy atom. The third-order valence-corrected chi connectivity index (χ3v) is 2.40. The molecule has 1 rings (SSSR count). The minimum absolute atomic E-state index is 0.0891. The van der Waals surface area contributed by atoms with Crippen molar-refractivity contribution in [1.29, 1.82) is 0 Å². The summed E-state index contributed by atoms with van der Waals surface area (Å²) in [6.07, 6.45) is 0. The molecule has 0 saturated carbocycles. The zero-order chi connectivity index (χ0) is 12.1. The number of nitrogens with one attached hydrogen (secondary N) is 1. The molecule has 0 aliphatic carbocycles. The molecule has 0 spiro atoms. The van der Waals surface area contributed by atoms with Crippen molar-refractivity contribution in [2.24, 2.45) is 0 Å². The zero-order valence-corrected chi connectivity index (χ0v) is 9.56. The lowest BCUT2D eigenvalue weighted by molar-refractivity contribution is 0.366. The van der Waals surface area contributed by atoms with Gasteiger partial charge in [0.1, 0.15) is 5.69 Å². The van der Waals surface area contributed by atoms with Gasteiger partial charge in [-0.1, -0.05) is 6.92 Å². The fraction of sp³-hybridized carbons (Fsp3) is 0.455. The Bertz CT molecular complexity index is 332. The van der Waals surface area contributed by atoms with Crippen molar-refractivity contribution in [2.45, 2.75) is 6.92 Å². The van der Waals surface area contributed by atoms with Gasteiger partial charge in [-0.05, 0) is 25.7 Å². The Kier molecular flexibility index (Phi) is 4.49. The Balaban J connectivity index is 2.60. The summed E-state index contributed by atoms with van der Waals surface area (Å²) in [6.45, 7) is 4.13. The van der Waals surface area contributed by atoms with E-state index >= 15 is 0 Å². The van der Waals surface area contributed by atoms with Gasteiger partial charge in [-0.25, -0.2) is 8.78 Å². The van der Waals surface area contributed by atoms with E-state index in [-0.39, 0.29) is 11.4 Å². The van der Waals surface area contributed by atoms with Gasteiger partial charge < -0.3 is 16.0 Å². The molecule has 0 aromatic heterocycles. The largest absolute Gasteiger partial charge is 0.399 e. The van der Waals surface area contributed by atoms with Crippen LogP contribution in [0.3, 0.4) is 0 Å². The van der Waals surface area contributed by atoms with E-state index in [0.29, 0.717) is 6.54 Å². The highest BCUT2D eigenvalue weighted by Gasteiger charge is 2.09. The molecule has 0 aliphatic rings. The van der Waals surface area contributed by atoms with Gasteiger partial charge >= 0.3 is 0 Å². The van der Waals surface area contributed by atoms with Crippen LogP contribution >= 0.6 is 0 Å². The average Bonchev–Trinajstić information content (AvgIpc) is 2.21. The molecule has 3 N–H and O–H groups in total. The highest BCUT2D eigenvalue weighted by molar-refractivity contribution is 5.53. The molecule has 1 aromatic rings. The van der Waals surface area contributed by atoms with Crippen LogP contribution in [0.2, 0.25) is 0 Å². The molecule has 5 heteroatoms. The van der Waals surface area contributed by atoms with Gasteiger partial charge in [0.15, 0.2) is 11.6 Å². The van der Waals surface area contributed by atoms with E-state index < -0.39 is 11.6 Å². The van der Waals surface area contributed by atoms with Crippen molar-refractivity contribution in [2.75, 3.05) is 37.7 Å². The monoisotopic (exact) mass is 229 g/mol. The molecule has 0 atom stereocenters. The summed E-state index contributed by atoms with van der Waals surface area (Å²) < 4.78 is 26.6. The van der Waals surface area contributed by atoms with Crippen molar-refractivity contribution in [1.82, 2.24) is 4.90 Å². The van der Waals surface area contributed by atoms with Crippen LogP contribution in [0.25, 0.3) is 0 Å². The van der Waals surface area contributed by atoms with Crippen molar-refractivity contribution in [3.05, 3.63) is 23.8 Å². The number of likely N-dealkylation sites (N-methyl/N-ethyl adjacent to an activating group) is 1. The third kappa shape index (κ3) is 3.34. The van der Waals surface area contributed by atoms with E-state index in [0.717, 1.165) is 25.2 Å². The van der Waals surface area contributed by atoms with Crippen LogP contribution in [-0.4, -0.2) is 31.6 Å². The second-order valence-corrected chi connectivity index (χ2v) is 3.68. The first-order valence-corrected chi connectivity index (χ1v) is 5.21. The maximum atomic E-state index is 13.3. The SMILES string of the molecule is CCN(C)CCNc1c(F)cc(N)cc1F. The number of nitrogens with two attached hydrogens (primary N) is 1. The number of halogens is 2.